The van der Waals surface area contributed by atoms with Crippen LogP contribution in [0.4, 0.5) is 0 Å². The van der Waals surface area contributed by atoms with E-state index in [0.29, 0.717) is 16.9 Å². The van der Waals surface area contributed by atoms with Gasteiger partial charge in [-0.1, -0.05) is 12.8 Å². The van der Waals surface area contributed by atoms with Crippen molar-refractivity contribution >= 4 is 11.6 Å². The molecule has 1 unspecified atom stereocenters. The number of rotatable bonds is 3. The lowest BCUT2D eigenvalue weighted by molar-refractivity contribution is 0.134. The molecule has 3 heteroatoms. The van der Waals surface area contributed by atoms with Crippen LogP contribution in [0.15, 0.2) is 16.5 Å². The standard InChI is InChI=1S/C9H11ClO2/c10-9-4-3-8(12-9)7(11)5-6-1-2-6/h3-4,6-7,11H,1-2,5H2. The molecule has 1 N–H and O–H groups in total. The third-order valence-corrected chi connectivity index (χ3v) is 2.38. The predicted octanol–water partition coefficient (Wildman–Crippen LogP) is 2.77. The van der Waals surface area contributed by atoms with Crippen LogP contribution in [-0.4, -0.2) is 5.11 Å². The molecule has 1 fully saturated rings. The van der Waals surface area contributed by atoms with Crippen LogP contribution in [0.1, 0.15) is 31.1 Å². The Morgan fingerprint density at radius 1 is 1.58 bits per heavy atom. The predicted molar refractivity (Wildman–Crippen MR) is 46.0 cm³/mol. The summed E-state index contributed by atoms with van der Waals surface area (Å²) in [7, 11) is 0. The molecule has 2 nitrogen and oxygen atoms in total. The zero-order valence-corrected chi connectivity index (χ0v) is 7.42. The van der Waals surface area contributed by atoms with Gasteiger partial charge in [-0.3, -0.25) is 0 Å². The van der Waals surface area contributed by atoms with Crippen molar-refractivity contribution in [2.75, 3.05) is 0 Å². The summed E-state index contributed by atoms with van der Waals surface area (Å²) in [5, 5.41) is 9.94. The molecule has 1 aromatic heterocycles. The molecule has 2 rings (SSSR count). The first-order valence-corrected chi connectivity index (χ1v) is 4.57. The van der Waals surface area contributed by atoms with E-state index in [2.05, 4.69) is 0 Å². The molecule has 0 saturated heterocycles. The van der Waals surface area contributed by atoms with Crippen LogP contribution in [0.25, 0.3) is 0 Å². The van der Waals surface area contributed by atoms with Crippen LogP contribution in [-0.2, 0) is 0 Å². The Morgan fingerprint density at radius 3 is 2.83 bits per heavy atom. The molecule has 1 aliphatic rings. The molecule has 0 spiro atoms. The van der Waals surface area contributed by atoms with Gasteiger partial charge in [0.25, 0.3) is 0 Å². The van der Waals surface area contributed by atoms with E-state index in [0.717, 1.165) is 6.42 Å². The molecule has 0 radical (unpaired) electrons. The second kappa shape index (κ2) is 3.11. The first kappa shape index (κ1) is 8.14. The lowest BCUT2D eigenvalue weighted by Crippen LogP contribution is -1.95. The minimum absolute atomic E-state index is 0.347. The van der Waals surface area contributed by atoms with Crippen molar-refractivity contribution in [2.24, 2.45) is 5.92 Å². The van der Waals surface area contributed by atoms with E-state index < -0.39 is 6.10 Å². The Kier molecular flexibility index (Phi) is 2.11. The highest BCUT2D eigenvalue weighted by Crippen LogP contribution is 2.38. The Morgan fingerprint density at radius 2 is 2.33 bits per heavy atom. The second-order valence-corrected chi connectivity index (χ2v) is 3.71. The number of hydrogen-bond donors (Lipinski definition) is 1. The topological polar surface area (TPSA) is 33.4 Å². The fourth-order valence-electron chi connectivity index (χ4n) is 1.29. The van der Waals surface area contributed by atoms with Crippen LogP contribution in [0.5, 0.6) is 0 Å². The fraction of sp³-hybridized carbons (Fsp3) is 0.556. The second-order valence-electron chi connectivity index (χ2n) is 3.34. The first-order valence-electron chi connectivity index (χ1n) is 4.19. The zero-order valence-electron chi connectivity index (χ0n) is 6.66. The van der Waals surface area contributed by atoms with E-state index in [9.17, 15) is 5.11 Å². The maximum Gasteiger partial charge on any atom is 0.193 e. The summed E-state index contributed by atoms with van der Waals surface area (Å²) in [6, 6.07) is 3.39. The van der Waals surface area contributed by atoms with Crippen molar-refractivity contribution in [2.45, 2.75) is 25.4 Å². The fourth-order valence-corrected chi connectivity index (χ4v) is 1.44. The highest BCUT2D eigenvalue weighted by molar-refractivity contribution is 6.28. The molecule has 1 aliphatic carbocycles. The maximum atomic E-state index is 9.59. The van der Waals surface area contributed by atoms with Gasteiger partial charge in [0.05, 0.1) is 0 Å². The van der Waals surface area contributed by atoms with E-state index in [1.54, 1.807) is 12.1 Å². The highest BCUT2D eigenvalue weighted by Gasteiger charge is 2.26. The molecular weight excluding hydrogens is 176 g/mol. The van der Waals surface area contributed by atoms with Gasteiger partial charge in [0.15, 0.2) is 5.22 Å². The Labute approximate surface area is 76.1 Å². The summed E-state index contributed by atoms with van der Waals surface area (Å²) in [6.07, 6.45) is 2.82. The average molecular weight is 187 g/mol. The van der Waals surface area contributed by atoms with Crippen molar-refractivity contribution in [3.63, 3.8) is 0 Å². The van der Waals surface area contributed by atoms with Crippen molar-refractivity contribution in [1.29, 1.82) is 0 Å². The van der Waals surface area contributed by atoms with E-state index in [4.69, 9.17) is 16.0 Å². The molecule has 1 saturated carbocycles. The van der Waals surface area contributed by atoms with Crippen LogP contribution in [0.3, 0.4) is 0 Å². The molecule has 0 bridgehead atoms. The Hall–Kier alpha value is -0.470. The molecular formula is C9H11ClO2. The molecule has 0 aromatic carbocycles. The molecule has 0 amide bonds. The maximum absolute atomic E-state index is 9.59. The van der Waals surface area contributed by atoms with Gasteiger partial charge >= 0.3 is 0 Å². The Bertz CT molecular complexity index is 265. The summed E-state index contributed by atoms with van der Waals surface area (Å²) < 4.78 is 5.09. The zero-order chi connectivity index (χ0) is 8.55. The lowest BCUT2D eigenvalue weighted by atomic mass is 10.1. The quantitative estimate of drug-likeness (QED) is 0.788. The van der Waals surface area contributed by atoms with Gasteiger partial charge in [0.1, 0.15) is 11.9 Å². The largest absolute Gasteiger partial charge is 0.447 e. The summed E-state index contributed by atoms with van der Waals surface area (Å²) in [5.41, 5.74) is 0. The number of furan rings is 1. The first-order chi connectivity index (χ1) is 5.75. The van der Waals surface area contributed by atoms with Crippen molar-refractivity contribution in [1.82, 2.24) is 0 Å². The molecule has 0 aliphatic heterocycles. The van der Waals surface area contributed by atoms with Crippen LogP contribution in [0, 0.1) is 5.92 Å². The summed E-state index contributed by atoms with van der Waals surface area (Å²) in [4.78, 5) is 0. The van der Waals surface area contributed by atoms with Gasteiger partial charge in [-0.05, 0) is 36.1 Å². The van der Waals surface area contributed by atoms with Gasteiger partial charge < -0.3 is 9.52 Å². The summed E-state index contributed by atoms with van der Waals surface area (Å²) in [5.74, 6) is 1.29. The van der Waals surface area contributed by atoms with Crippen molar-refractivity contribution < 1.29 is 9.52 Å². The monoisotopic (exact) mass is 186 g/mol. The SMILES string of the molecule is OC(CC1CC1)c1ccc(Cl)o1. The number of halogens is 1. The molecule has 66 valence electrons. The van der Waals surface area contributed by atoms with Crippen LogP contribution >= 0.6 is 11.6 Å². The normalized spacial score (nSPS) is 19.5. The van der Waals surface area contributed by atoms with Gasteiger partial charge in [-0.25, -0.2) is 0 Å². The average Bonchev–Trinajstić information content (AvgIpc) is 2.72. The van der Waals surface area contributed by atoms with Gasteiger partial charge in [0, 0.05) is 0 Å². The van der Waals surface area contributed by atoms with E-state index >= 15 is 0 Å². The molecule has 12 heavy (non-hydrogen) atoms. The van der Waals surface area contributed by atoms with Crippen molar-refractivity contribution in [3.05, 3.63) is 23.1 Å². The van der Waals surface area contributed by atoms with E-state index in [1.165, 1.54) is 12.8 Å². The minimum atomic E-state index is -0.468. The molecule has 1 aromatic rings. The number of hydrogen-bond acceptors (Lipinski definition) is 2. The van der Waals surface area contributed by atoms with E-state index in [-0.39, 0.29) is 0 Å². The van der Waals surface area contributed by atoms with E-state index in [1.807, 2.05) is 0 Å². The summed E-state index contributed by atoms with van der Waals surface area (Å²) in [6.45, 7) is 0. The third-order valence-electron chi connectivity index (χ3n) is 2.18. The number of aliphatic hydroxyl groups is 1. The smallest absolute Gasteiger partial charge is 0.193 e. The Balaban J connectivity index is 1.97. The third kappa shape index (κ3) is 1.82. The van der Waals surface area contributed by atoms with Crippen molar-refractivity contribution in [3.8, 4) is 0 Å². The van der Waals surface area contributed by atoms with Crippen LogP contribution in [0.2, 0.25) is 5.22 Å². The molecule has 1 heterocycles. The number of aliphatic hydroxyl groups excluding tert-OH is 1. The summed E-state index contributed by atoms with van der Waals surface area (Å²) >= 11 is 5.58. The minimum Gasteiger partial charge on any atom is -0.447 e. The van der Waals surface area contributed by atoms with Gasteiger partial charge in [-0.15, -0.1) is 0 Å². The van der Waals surface area contributed by atoms with Crippen LogP contribution < -0.4 is 0 Å². The highest BCUT2D eigenvalue weighted by atomic mass is 35.5. The molecule has 1 atom stereocenters. The van der Waals surface area contributed by atoms with Gasteiger partial charge in [0.2, 0.25) is 0 Å². The van der Waals surface area contributed by atoms with Gasteiger partial charge in [-0.2, -0.15) is 0 Å². The lowest BCUT2D eigenvalue weighted by Gasteiger charge is -2.04.